The highest BCUT2D eigenvalue weighted by Crippen LogP contribution is 2.60. The molecule has 5 fully saturated rings. The number of hydrogen-bond donors (Lipinski definition) is 2. The van der Waals surface area contributed by atoms with Crippen molar-refractivity contribution in [2.75, 3.05) is 26.2 Å². The van der Waals surface area contributed by atoms with E-state index in [0.717, 1.165) is 56.0 Å². The van der Waals surface area contributed by atoms with E-state index in [1.54, 1.807) is 0 Å². The van der Waals surface area contributed by atoms with Crippen molar-refractivity contribution in [2.45, 2.75) is 64.4 Å². The first-order valence-electron chi connectivity index (χ1n) is 10.2. The number of nitrogens with zero attached hydrogens (tertiary/aromatic N) is 1. The van der Waals surface area contributed by atoms with Gasteiger partial charge in [-0.2, -0.15) is 0 Å². The number of carbonyl (C=O) groups is 1. The predicted octanol–water partition coefficient (Wildman–Crippen LogP) is 2.41. The number of amides is 1. The fraction of sp³-hybridized carbons (Fsp3) is 0.950. The summed E-state index contributed by atoms with van der Waals surface area (Å²) in [5.41, 5.74) is -0.0883. The Hall–Kier alpha value is -0.610. The van der Waals surface area contributed by atoms with Gasteiger partial charge in [0, 0.05) is 18.5 Å². The zero-order chi connectivity index (χ0) is 16.7. The molecule has 1 atom stereocenters. The molecule has 1 saturated heterocycles. The fourth-order valence-corrected chi connectivity index (χ4v) is 6.39. The Morgan fingerprint density at radius 1 is 1.12 bits per heavy atom. The smallest absolute Gasteiger partial charge is 0.226 e. The van der Waals surface area contributed by atoms with Crippen LogP contribution in [0.25, 0.3) is 0 Å². The van der Waals surface area contributed by atoms with Gasteiger partial charge < -0.3 is 15.3 Å². The molecule has 0 aromatic heterocycles. The molecule has 5 aliphatic rings. The molecule has 136 valence electrons. The minimum absolute atomic E-state index is 0.0883. The predicted molar refractivity (Wildman–Crippen MR) is 94.5 cm³/mol. The Morgan fingerprint density at radius 2 is 1.67 bits per heavy atom. The summed E-state index contributed by atoms with van der Waals surface area (Å²) in [7, 11) is 0. The van der Waals surface area contributed by atoms with Crippen LogP contribution in [0, 0.1) is 29.1 Å². The lowest BCUT2D eigenvalue weighted by molar-refractivity contribution is -0.146. The summed E-state index contributed by atoms with van der Waals surface area (Å²) in [4.78, 5) is 15.2. The maximum atomic E-state index is 12.9. The van der Waals surface area contributed by atoms with E-state index < -0.39 is 6.10 Å². The summed E-state index contributed by atoms with van der Waals surface area (Å²) in [6.07, 6.45) is 9.42. The number of hydrogen-bond acceptors (Lipinski definition) is 3. The number of β-amino-alcohol motifs (C(OH)–C–C–N with tert-alkyl or cyclic N) is 1. The molecule has 4 saturated carbocycles. The molecule has 1 unspecified atom stereocenters. The first kappa shape index (κ1) is 16.8. The zero-order valence-corrected chi connectivity index (χ0v) is 15.2. The van der Waals surface area contributed by atoms with E-state index in [4.69, 9.17) is 0 Å². The second-order valence-corrected chi connectivity index (χ2v) is 9.54. The molecule has 1 heterocycles. The monoisotopic (exact) mass is 334 g/mol. The Morgan fingerprint density at radius 3 is 2.21 bits per heavy atom. The largest absolute Gasteiger partial charge is 0.390 e. The van der Waals surface area contributed by atoms with E-state index in [0.29, 0.717) is 13.1 Å². The molecule has 4 aliphatic carbocycles. The van der Waals surface area contributed by atoms with Crippen LogP contribution in [0.1, 0.15) is 58.3 Å². The Balaban J connectivity index is 1.26. The van der Waals surface area contributed by atoms with Crippen LogP contribution in [0.2, 0.25) is 0 Å². The van der Waals surface area contributed by atoms with Crippen LogP contribution in [0.4, 0.5) is 0 Å². The molecule has 4 nitrogen and oxygen atoms in total. The molecule has 4 bridgehead atoms. The molecule has 5 rings (SSSR count). The second-order valence-electron chi connectivity index (χ2n) is 9.54. The van der Waals surface area contributed by atoms with Gasteiger partial charge in [0.25, 0.3) is 0 Å². The van der Waals surface area contributed by atoms with Crippen LogP contribution in [0.5, 0.6) is 0 Å². The van der Waals surface area contributed by atoms with Gasteiger partial charge in [-0.1, -0.05) is 6.92 Å². The Kier molecular flexibility index (Phi) is 4.63. The molecule has 24 heavy (non-hydrogen) atoms. The molecule has 0 aromatic carbocycles. The van der Waals surface area contributed by atoms with Crippen LogP contribution in [-0.2, 0) is 4.79 Å². The van der Waals surface area contributed by atoms with Gasteiger partial charge in [-0.3, -0.25) is 4.79 Å². The van der Waals surface area contributed by atoms with Gasteiger partial charge in [0.1, 0.15) is 0 Å². The molecular formula is C20H34N2O2. The van der Waals surface area contributed by atoms with Crippen LogP contribution < -0.4 is 5.32 Å². The standard InChI is InChI=1S/C20H34N2O2/c1-14-2-4-22(5-3-14)13-18(23)12-21-19(24)20-9-15-6-16(10-20)8-17(7-15)11-20/h14-18,23H,2-13H2,1H3,(H,21,24). The summed E-state index contributed by atoms with van der Waals surface area (Å²) in [6.45, 7) is 5.60. The van der Waals surface area contributed by atoms with Crippen molar-refractivity contribution >= 4 is 5.91 Å². The maximum Gasteiger partial charge on any atom is 0.226 e. The molecule has 0 radical (unpaired) electrons. The first-order valence-corrected chi connectivity index (χ1v) is 10.2. The normalized spacial score (nSPS) is 40.7. The lowest BCUT2D eigenvalue weighted by Gasteiger charge is -2.55. The van der Waals surface area contributed by atoms with E-state index in [1.807, 2.05) is 0 Å². The van der Waals surface area contributed by atoms with Crippen molar-refractivity contribution in [3.05, 3.63) is 0 Å². The minimum Gasteiger partial charge on any atom is -0.390 e. The highest BCUT2D eigenvalue weighted by molar-refractivity contribution is 5.83. The lowest BCUT2D eigenvalue weighted by atomic mass is 9.49. The molecule has 1 aliphatic heterocycles. The number of aliphatic hydroxyl groups is 1. The van der Waals surface area contributed by atoms with Crippen LogP contribution in [0.15, 0.2) is 0 Å². The number of rotatable bonds is 5. The average Bonchev–Trinajstić information content (AvgIpc) is 2.53. The van der Waals surface area contributed by atoms with Crippen LogP contribution >= 0.6 is 0 Å². The quantitative estimate of drug-likeness (QED) is 0.812. The van der Waals surface area contributed by atoms with Gasteiger partial charge in [0.2, 0.25) is 5.91 Å². The summed E-state index contributed by atoms with van der Waals surface area (Å²) in [5, 5.41) is 13.5. The topological polar surface area (TPSA) is 52.6 Å². The van der Waals surface area contributed by atoms with E-state index >= 15 is 0 Å². The lowest BCUT2D eigenvalue weighted by Crippen LogP contribution is -2.54. The van der Waals surface area contributed by atoms with Gasteiger partial charge in [0.15, 0.2) is 0 Å². The van der Waals surface area contributed by atoms with E-state index in [-0.39, 0.29) is 11.3 Å². The van der Waals surface area contributed by atoms with E-state index in [9.17, 15) is 9.90 Å². The maximum absolute atomic E-state index is 12.9. The molecule has 2 N–H and O–H groups in total. The highest BCUT2D eigenvalue weighted by atomic mass is 16.3. The average molecular weight is 335 g/mol. The van der Waals surface area contributed by atoms with Crippen molar-refractivity contribution in [3.63, 3.8) is 0 Å². The minimum atomic E-state index is -0.434. The number of likely N-dealkylation sites (tertiary alicyclic amines) is 1. The number of nitrogens with one attached hydrogen (secondary N) is 1. The fourth-order valence-electron chi connectivity index (χ4n) is 6.39. The first-order chi connectivity index (χ1) is 11.5. The van der Waals surface area contributed by atoms with Gasteiger partial charge in [-0.05, 0) is 88.1 Å². The SMILES string of the molecule is CC1CCN(CC(O)CNC(=O)C23CC4CC(CC(C4)C2)C3)CC1. The van der Waals surface area contributed by atoms with Gasteiger partial charge >= 0.3 is 0 Å². The highest BCUT2D eigenvalue weighted by Gasteiger charge is 2.54. The molecule has 1 amide bonds. The Labute approximate surface area is 146 Å². The summed E-state index contributed by atoms with van der Waals surface area (Å²) < 4.78 is 0. The molecule has 0 aromatic rings. The van der Waals surface area contributed by atoms with E-state index in [2.05, 4.69) is 17.1 Å². The summed E-state index contributed by atoms with van der Waals surface area (Å²) >= 11 is 0. The van der Waals surface area contributed by atoms with Crippen molar-refractivity contribution in [1.29, 1.82) is 0 Å². The van der Waals surface area contributed by atoms with Crippen LogP contribution in [0.3, 0.4) is 0 Å². The van der Waals surface area contributed by atoms with Crippen LogP contribution in [-0.4, -0.2) is 48.2 Å². The molecule has 0 spiro atoms. The van der Waals surface area contributed by atoms with Gasteiger partial charge in [-0.25, -0.2) is 0 Å². The summed E-state index contributed by atoms with van der Waals surface area (Å²) in [5.74, 6) is 3.44. The number of carbonyl (C=O) groups excluding carboxylic acids is 1. The Bertz CT molecular complexity index is 435. The third kappa shape index (κ3) is 3.37. The number of aliphatic hydroxyl groups excluding tert-OH is 1. The molecular weight excluding hydrogens is 300 g/mol. The second kappa shape index (κ2) is 6.60. The van der Waals surface area contributed by atoms with Crippen molar-refractivity contribution in [1.82, 2.24) is 10.2 Å². The molecule has 4 heteroatoms. The number of piperidine rings is 1. The van der Waals surface area contributed by atoms with Crippen molar-refractivity contribution in [3.8, 4) is 0 Å². The third-order valence-electron chi connectivity index (χ3n) is 7.36. The third-order valence-corrected chi connectivity index (χ3v) is 7.36. The van der Waals surface area contributed by atoms with Crippen molar-refractivity contribution < 1.29 is 9.90 Å². The zero-order valence-electron chi connectivity index (χ0n) is 15.2. The summed E-state index contributed by atoms with van der Waals surface area (Å²) in [6, 6.07) is 0. The van der Waals surface area contributed by atoms with Gasteiger partial charge in [-0.15, -0.1) is 0 Å². The van der Waals surface area contributed by atoms with Gasteiger partial charge in [0.05, 0.1) is 6.10 Å². The van der Waals surface area contributed by atoms with Crippen molar-refractivity contribution in [2.24, 2.45) is 29.1 Å². The van der Waals surface area contributed by atoms with E-state index in [1.165, 1.54) is 32.1 Å².